The number of pyridine rings is 1. The molecule has 1 fully saturated rings. The van der Waals surface area contributed by atoms with E-state index in [2.05, 4.69) is 48.4 Å². The Bertz CT molecular complexity index is 1290. The first-order valence-electron chi connectivity index (χ1n) is 13.3. The number of alkyl halides is 1. The van der Waals surface area contributed by atoms with Crippen LogP contribution in [0.5, 0.6) is 11.5 Å². The fourth-order valence-corrected chi connectivity index (χ4v) is 7.09. The summed E-state index contributed by atoms with van der Waals surface area (Å²) in [5, 5.41) is 3.94. The minimum Gasteiger partial charge on any atom is -0.496 e. The van der Waals surface area contributed by atoms with E-state index in [0.717, 1.165) is 76.6 Å². The number of hydrogen-bond donors (Lipinski definition) is 0. The zero-order valence-electron chi connectivity index (χ0n) is 23.0. The van der Waals surface area contributed by atoms with Gasteiger partial charge < -0.3 is 14.4 Å². The number of aromatic nitrogens is 2. The number of allylic oxidation sites excluding steroid dienone is 1. The van der Waals surface area contributed by atoms with Crippen LogP contribution in [-0.2, 0) is 4.79 Å². The smallest absolute Gasteiger partial charge is 0.226 e. The number of thiazole rings is 1. The van der Waals surface area contributed by atoms with Gasteiger partial charge >= 0.3 is 0 Å². The molecule has 6 nitrogen and oxygen atoms in total. The molecule has 1 aliphatic rings. The van der Waals surface area contributed by atoms with E-state index in [-0.39, 0.29) is 21.9 Å². The lowest BCUT2D eigenvalue weighted by Gasteiger charge is -2.23. The van der Waals surface area contributed by atoms with Gasteiger partial charge in [0.15, 0.2) is 0 Å². The van der Waals surface area contributed by atoms with Gasteiger partial charge in [-0.05, 0) is 57.1 Å². The van der Waals surface area contributed by atoms with Gasteiger partial charge in [-0.25, -0.2) is 9.97 Å². The van der Waals surface area contributed by atoms with Crippen molar-refractivity contribution < 1.29 is 14.3 Å². The Morgan fingerprint density at radius 3 is 2.74 bits per heavy atom. The minimum atomic E-state index is -0.0385. The number of aryl methyl sites for hydroxylation is 1. The van der Waals surface area contributed by atoms with Crippen molar-refractivity contribution in [2.75, 3.05) is 20.7 Å². The number of rotatable bonds is 11. The summed E-state index contributed by atoms with van der Waals surface area (Å²) in [6.45, 7) is 10.9. The van der Waals surface area contributed by atoms with E-state index in [1.165, 1.54) is 0 Å². The van der Waals surface area contributed by atoms with E-state index in [1.54, 1.807) is 18.4 Å². The highest BCUT2D eigenvalue weighted by Crippen LogP contribution is 2.40. The highest BCUT2D eigenvalue weighted by Gasteiger charge is 2.40. The van der Waals surface area contributed by atoms with Crippen LogP contribution in [0.1, 0.15) is 63.1 Å². The molecule has 3 atom stereocenters. The topological polar surface area (TPSA) is 64.6 Å². The second-order valence-electron chi connectivity index (χ2n) is 10.4. The molecule has 0 saturated heterocycles. The lowest BCUT2D eigenvalue weighted by atomic mass is 10.1. The molecule has 0 spiro atoms. The van der Waals surface area contributed by atoms with Gasteiger partial charge in [0, 0.05) is 39.9 Å². The molecule has 0 aliphatic heterocycles. The number of hydrogen-bond acceptors (Lipinski definition) is 6. The summed E-state index contributed by atoms with van der Waals surface area (Å²) in [6, 6.07) is 6.00. The molecule has 2 heterocycles. The largest absolute Gasteiger partial charge is 0.496 e. The fourth-order valence-electron chi connectivity index (χ4n) is 4.98. The molecule has 8 heteroatoms. The predicted molar refractivity (Wildman–Crippen MR) is 165 cm³/mol. The van der Waals surface area contributed by atoms with Crippen molar-refractivity contribution in [3.63, 3.8) is 0 Å². The maximum atomic E-state index is 13.3. The number of ether oxygens (including phenoxy) is 2. The second kappa shape index (κ2) is 12.8. The second-order valence-corrected chi connectivity index (χ2v) is 12.9. The molecular weight excluding hydrogens is 609 g/mol. The molecule has 1 saturated carbocycles. The molecule has 1 aliphatic carbocycles. The summed E-state index contributed by atoms with van der Waals surface area (Å²) in [5.74, 6) is 2.12. The molecule has 204 valence electrons. The molecule has 3 aromatic rings. The lowest BCUT2D eigenvalue weighted by Crippen LogP contribution is -2.35. The Morgan fingerprint density at radius 2 is 2.05 bits per heavy atom. The Labute approximate surface area is 244 Å². The van der Waals surface area contributed by atoms with Crippen LogP contribution in [0.2, 0.25) is 0 Å². The Balaban J connectivity index is 1.59. The fraction of sp³-hybridized carbons (Fsp3) is 0.500. The number of carbonyl (C=O) groups excluding carboxylic acids is 1. The molecule has 2 aromatic heterocycles. The zero-order chi connectivity index (χ0) is 27.4. The molecule has 38 heavy (non-hydrogen) atoms. The standard InChI is InChI=1S/C30H38IN3O3S/c1-7-8-9-10-13-34(5)30(35)22-14-20(15-23(22)31)37-27-16-24(29-33-25(17-38-29)18(2)3)32-28-19(4)26(36-6)12-11-21(27)28/h7,11-12,16-18,20,22-23H,1,8-10,13-15H2,2-6H3/t20-,22+,23+/m0/s1. The van der Waals surface area contributed by atoms with Gasteiger partial charge in [0.1, 0.15) is 28.3 Å². The molecule has 0 bridgehead atoms. The molecule has 0 radical (unpaired) electrons. The first kappa shape index (κ1) is 28.8. The average Bonchev–Trinajstić information content (AvgIpc) is 3.54. The van der Waals surface area contributed by atoms with Crippen LogP contribution in [0.15, 0.2) is 36.2 Å². The summed E-state index contributed by atoms with van der Waals surface area (Å²) in [7, 11) is 3.60. The average molecular weight is 648 g/mol. The van der Waals surface area contributed by atoms with Gasteiger partial charge in [0.25, 0.3) is 0 Å². The van der Waals surface area contributed by atoms with Crippen LogP contribution >= 0.6 is 33.9 Å². The van der Waals surface area contributed by atoms with Crippen LogP contribution in [-0.4, -0.2) is 51.5 Å². The van der Waals surface area contributed by atoms with Crippen molar-refractivity contribution in [3.05, 3.63) is 47.5 Å². The molecule has 0 unspecified atom stereocenters. The van der Waals surface area contributed by atoms with Crippen LogP contribution in [0.3, 0.4) is 0 Å². The number of benzene rings is 1. The third-order valence-electron chi connectivity index (χ3n) is 7.28. The first-order valence-corrected chi connectivity index (χ1v) is 15.5. The quantitative estimate of drug-likeness (QED) is 0.0930. The van der Waals surface area contributed by atoms with Crippen LogP contribution in [0, 0.1) is 12.8 Å². The van der Waals surface area contributed by atoms with Crippen LogP contribution < -0.4 is 9.47 Å². The number of nitrogens with zero attached hydrogens (tertiary/aromatic N) is 3. The highest BCUT2D eigenvalue weighted by molar-refractivity contribution is 14.1. The number of fused-ring (bicyclic) bond motifs is 1. The van der Waals surface area contributed by atoms with E-state index in [9.17, 15) is 4.79 Å². The monoisotopic (exact) mass is 647 g/mol. The minimum absolute atomic E-state index is 0.0352. The summed E-state index contributed by atoms with van der Waals surface area (Å²) in [6.07, 6.45) is 6.50. The van der Waals surface area contributed by atoms with Crippen LogP contribution in [0.25, 0.3) is 21.6 Å². The van der Waals surface area contributed by atoms with Gasteiger partial charge in [-0.15, -0.1) is 17.9 Å². The van der Waals surface area contributed by atoms with Crippen molar-refractivity contribution in [1.29, 1.82) is 0 Å². The third kappa shape index (κ3) is 6.33. The highest BCUT2D eigenvalue weighted by atomic mass is 127. The summed E-state index contributed by atoms with van der Waals surface area (Å²) in [5.41, 5.74) is 3.70. The van der Waals surface area contributed by atoms with Gasteiger partial charge in [-0.2, -0.15) is 0 Å². The van der Waals surface area contributed by atoms with Crippen molar-refractivity contribution in [2.24, 2.45) is 5.92 Å². The van der Waals surface area contributed by atoms with Crippen molar-refractivity contribution in [2.45, 2.75) is 68.8 Å². The molecule has 0 N–H and O–H groups in total. The van der Waals surface area contributed by atoms with Gasteiger partial charge in [-0.3, -0.25) is 4.79 Å². The summed E-state index contributed by atoms with van der Waals surface area (Å²) in [4.78, 5) is 25.0. The number of halogens is 1. The number of unbranched alkanes of at least 4 members (excludes halogenated alkanes) is 2. The summed E-state index contributed by atoms with van der Waals surface area (Å²) < 4.78 is 12.5. The van der Waals surface area contributed by atoms with E-state index in [4.69, 9.17) is 19.4 Å². The van der Waals surface area contributed by atoms with Crippen LogP contribution in [0.4, 0.5) is 0 Å². The Morgan fingerprint density at radius 1 is 1.26 bits per heavy atom. The summed E-state index contributed by atoms with van der Waals surface area (Å²) >= 11 is 4.04. The van der Waals surface area contributed by atoms with Gasteiger partial charge in [0.2, 0.25) is 5.91 Å². The number of carbonyl (C=O) groups is 1. The predicted octanol–water partition coefficient (Wildman–Crippen LogP) is 7.57. The number of amides is 1. The SMILES string of the molecule is C=CCCCCN(C)C(=O)[C@@H]1C[C@H](Oc2cc(-c3nc(C(C)C)cs3)nc3c(C)c(OC)ccc23)C[C@H]1I. The van der Waals surface area contributed by atoms with Gasteiger partial charge in [-0.1, -0.05) is 42.5 Å². The normalized spacial score (nSPS) is 19.2. The molecule has 4 rings (SSSR count). The first-order chi connectivity index (χ1) is 18.2. The Hall–Kier alpha value is -2.20. The van der Waals surface area contributed by atoms with E-state index < -0.39 is 0 Å². The molecular formula is C30H38IN3O3S. The van der Waals surface area contributed by atoms with E-state index in [1.807, 2.05) is 43.1 Å². The number of methoxy groups -OCH3 is 1. The molecule has 1 amide bonds. The maximum Gasteiger partial charge on any atom is 0.226 e. The van der Waals surface area contributed by atoms with Gasteiger partial charge in [0.05, 0.1) is 24.2 Å². The van der Waals surface area contributed by atoms with Crippen molar-refractivity contribution in [1.82, 2.24) is 14.9 Å². The lowest BCUT2D eigenvalue weighted by molar-refractivity contribution is -0.133. The van der Waals surface area contributed by atoms with E-state index >= 15 is 0 Å². The molecule has 1 aromatic carbocycles. The van der Waals surface area contributed by atoms with Crippen molar-refractivity contribution >= 4 is 50.7 Å². The Kier molecular flexibility index (Phi) is 9.68. The zero-order valence-corrected chi connectivity index (χ0v) is 26.0. The van der Waals surface area contributed by atoms with E-state index in [0.29, 0.717) is 12.3 Å². The third-order valence-corrected chi connectivity index (χ3v) is 9.54. The maximum absolute atomic E-state index is 13.3. The van der Waals surface area contributed by atoms with Crippen molar-refractivity contribution in [3.8, 4) is 22.2 Å².